The Morgan fingerprint density at radius 1 is 0.970 bits per heavy atom. The first kappa shape index (κ1) is 22.3. The van der Waals surface area contributed by atoms with Crippen molar-refractivity contribution in [1.82, 2.24) is 5.32 Å². The van der Waals surface area contributed by atoms with Crippen LogP contribution in [0.3, 0.4) is 0 Å². The Bertz CT molecular complexity index is 1150. The van der Waals surface area contributed by atoms with Crippen molar-refractivity contribution in [2.75, 3.05) is 42.3 Å². The maximum Gasteiger partial charge on any atom is 0.313 e. The molecular formula is C26H27FN4O2. The van der Waals surface area contributed by atoms with Gasteiger partial charge in [-0.3, -0.25) is 9.59 Å². The number of hydrogen-bond acceptors (Lipinski definition) is 4. The Morgan fingerprint density at radius 2 is 1.67 bits per heavy atom. The highest BCUT2D eigenvalue weighted by Gasteiger charge is 2.28. The van der Waals surface area contributed by atoms with Crippen molar-refractivity contribution >= 4 is 28.9 Å². The number of carbonyl (C=O) groups excluding carboxylic acids is 2. The minimum atomic E-state index is -0.899. The van der Waals surface area contributed by atoms with Crippen LogP contribution in [0, 0.1) is 5.82 Å². The molecule has 6 nitrogen and oxygen atoms in total. The first-order chi connectivity index (χ1) is 15.9. The molecule has 0 fully saturated rings. The normalized spacial score (nSPS) is 13.2. The lowest BCUT2D eigenvalue weighted by molar-refractivity contribution is -0.136. The fourth-order valence-corrected chi connectivity index (χ4v) is 4.10. The van der Waals surface area contributed by atoms with Gasteiger partial charge in [0, 0.05) is 38.6 Å². The number of para-hydroxylation sites is 2. The van der Waals surface area contributed by atoms with Crippen LogP contribution in [0.4, 0.5) is 21.5 Å². The van der Waals surface area contributed by atoms with Crippen molar-refractivity contribution in [3.63, 3.8) is 0 Å². The van der Waals surface area contributed by atoms with E-state index in [0.29, 0.717) is 0 Å². The van der Waals surface area contributed by atoms with Gasteiger partial charge in [-0.15, -0.1) is 0 Å². The predicted octanol–water partition coefficient (Wildman–Crippen LogP) is 3.75. The number of rotatable bonds is 6. The Kier molecular flexibility index (Phi) is 6.58. The second-order valence-corrected chi connectivity index (χ2v) is 8.22. The maximum atomic E-state index is 13.8. The standard InChI is InChI=1S/C26H27FN4O2/c1-30(2)20-13-11-19(12-14-20)24(31-16-15-18-7-3-6-10-23(18)31)17-28-25(32)26(33)29-22-9-5-4-8-21(22)27/h3-14,24H,15-17H2,1-2H3,(H,28,32)(H,29,33). The highest BCUT2D eigenvalue weighted by atomic mass is 19.1. The molecule has 7 heteroatoms. The summed E-state index contributed by atoms with van der Waals surface area (Å²) in [5.74, 6) is -2.30. The third kappa shape index (κ3) is 4.98. The summed E-state index contributed by atoms with van der Waals surface area (Å²) in [5, 5.41) is 5.07. The molecule has 170 valence electrons. The smallest absolute Gasteiger partial charge is 0.313 e. The van der Waals surface area contributed by atoms with Crippen molar-refractivity contribution < 1.29 is 14.0 Å². The summed E-state index contributed by atoms with van der Waals surface area (Å²) in [7, 11) is 3.97. The second kappa shape index (κ2) is 9.73. The summed E-state index contributed by atoms with van der Waals surface area (Å²) in [6, 6.07) is 22.0. The van der Waals surface area contributed by atoms with E-state index in [9.17, 15) is 14.0 Å². The quantitative estimate of drug-likeness (QED) is 0.566. The molecule has 1 aliphatic rings. The van der Waals surface area contributed by atoms with Gasteiger partial charge >= 0.3 is 11.8 Å². The molecule has 1 aliphatic heterocycles. The average molecular weight is 447 g/mol. The molecular weight excluding hydrogens is 419 g/mol. The van der Waals surface area contributed by atoms with E-state index in [1.165, 1.54) is 23.8 Å². The maximum absolute atomic E-state index is 13.8. The van der Waals surface area contributed by atoms with Gasteiger partial charge in [-0.2, -0.15) is 0 Å². The van der Waals surface area contributed by atoms with Crippen molar-refractivity contribution in [3.05, 3.63) is 89.7 Å². The largest absolute Gasteiger partial charge is 0.378 e. The first-order valence-corrected chi connectivity index (χ1v) is 10.9. The van der Waals surface area contributed by atoms with E-state index in [4.69, 9.17) is 0 Å². The predicted molar refractivity (Wildman–Crippen MR) is 129 cm³/mol. The van der Waals surface area contributed by atoms with Crippen LogP contribution in [0.25, 0.3) is 0 Å². The number of nitrogens with zero attached hydrogens (tertiary/aromatic N) is 2. The molecule has 0 aromatic heterocycles. The zero-order chi connectivity index (χ0) is 23.4. The van der Waals surface area contributed by atoms with Crippen LogP contribution in [0.15, 0.2) is 72.8 Å². The van der Waals surface area contributed by atoms with Crippen LogP contribution < -0.4 is 20.4 Å². The Hall–Kier alpha value is -3.87. The van der Waals surface area contributed by atoms with E-state index in [1.807, 2.05) is 55.4 Å². The summed E-state index contributed by atoms with van der Waals surface area (Å²) in [6.45, 7) is 1.05. The highest BCUT2D eigenvalue weighted by molar-refractivity contribution is 6.39. The summed E-state index contributed by atoms with van der Waals surface area (Å²) in [5.41, 5.74) is 4.47. The number of hydrogen-bond donors (Lipinski definition) is 2. The lowest BCUT2D eigenvalue weighted by Gasteiger charge is -2.31. The number of anilines is 3. The van der Waals surface area contributed by atoms with E-state index in [1.54, 1.807) is 6.07 Å². The van der Waals surface area contributed by atoms with Gasteiger partial charge in [0.25, 0.3) is 0 Å². The molecule has 0 bridgehead atoms. The van der Waals surface area contributed by atoms with Crippen molar-refractivity contribution in [2.24, 2.45) is 0 Å². The summed E-state index contributed by atoms with van der Waals surface area (Å²) >= 11 is 0. The monoisotopic (exact) mass is 446 g/mol. The summed E-state index contributed by atoms with van der Waals surface area (Å²) < 4.78 is 13.8. The number of halogens is 1. The summed E-state index contributed by atoms with van der Waals surface area (Å²) in [4.78, 5) is 29.2. The molecule has 0 spiro atoms. The average Bonchev–Trinajstić information content (AvgIpc) is 3.25. The highest BCUT2D eigenvalue weighted by Crippen LogP contribution is 2.35. The molecule has 33 heavy (non-hydrogen) atoms. The second-order valence-electron chi connectivity index (χ2n) is 8.22. The fourth-order valence-electron chi connectivity index (χ4n) is 4.10. The molecule has 2 N–H and O–H groups in total. The van der Waals surface area contributed by atoms with Gasteiger partial charge in [0.2, 0.25) is 0 Å². The van der Waals surface area contributed by atoms with E-state index in [0.717, 1.165) is 29.9 Å². The first-order valence-electron chi connectivity index (χ1n) is 10.9. The van der Waals surface area contributed by atoms with Crippen LogP contribution in [0.2, 0.25) is 0 Å². The number of carbonyl (C=O) groups is 2. The molecule has 3 aromatic carbocycles. The zero-order valence-corrected chi connectivity index (χ0v) is 18.7. The lowest BCUT2D eigenvalue weighted by Crippen LogP contribution is -2.42. The van der Waals surface area contributed by atoms with Crippen molar-refractivity contribution in [1.29, 1.82) is 0 Å². The van der Waals surface area contributed by atoms with Crippen molar-refractivity contribution in [3.8, 4) is 0 Å². The molecule has 0 saturated heterocycles. The number of benzene rings is 3. The zero-order valence-electron chi connectivity index (χ0n) is 18.7. The number of fused-ring (bicyclic) bond motifs is 1. The van der Waals surface area contributed by atoms with Crippen LogP contribution in [0.5, 0.6) is 0 Å². The van der Waals surface area contributed by atoms with Crippen LogP contribution >= 0.6 is 0 Å². The molecule has 0 aliphatic carbocycles. The van der Waals surface area contributed by atoms with E-state index in [-0.39, 0.29) is 18.3 Å². The third-order valence-corrected chi connectivity index (χ3v) is 5.88. The molecule has 0 saturated carbocycles. The van der Waals surface area contributed by atoms with Gasteiger partial charge in [-0.25, -0.2) is 4.39 Å². The van der Waals surface area contributed by atoms with E-state index in [2.05, 4.69) is 27.7 Å². The van der Waals surface area contributed by atoms with Crippen molar-refractivity contribution in [2.45, 2.75) is 12.5 Å². The van der Waals surface area contributed by atoms with Gasteiger partial charge in [0.15, 0.2) is 0 Å². The van der Waals surface area contributed by atoms with Gasteiger partial charge in [0.05, 0.1) is 11.7 Å². The van der Waals surface area contributed by atoms with Gasteiger partial charge in [-0.05, 0) is 47.9 Å². The molecule has 1 heterocycles. The minimum Gasteiger partial charge on any atom is -0.378 e. The third-order valence-electron chi connectivity index (χ3n) is 5.88. The van der Waals surface area contributed by atoms with Gasteiger partial charge in [-0.1, -0.05) is 42.5 Å². The molecule has 2 amide bonds. The lowest BCUT2D eigenvalue weighted by atomic mass is 10.0. The molecule has 0 radical (unpaired) electrons. The Balaban J connectivity index is 1.52. The van der Waals surface area contributed by atoms with Crippen LogP contribution in [-0.4, -0.2) is 39.0 Å². The molecule has 1 atom stereocenters. The van der Waals surface area contributed by atoms with E-state index < -0.39 is 17.6 Å². The Labute approximate surface area is 193 Å². The van der Waals surface area contributed by atoms with Gasteiger partial charge < -0.3 is 20.4 Å². The van der Waals surface area contributed by atoms with Crippen LogP contribution in [-0.2, 0) is 16.0 Å². The SMILES string of the molecule is CN(C)c1ccc(C(CNC(=O)C(=O)Nc2ccccc2F)N2CCc3ccccc32)cc1. The van der Waals surface area contributed by atoms with Gasteiger partial charge in [0.1, 0.15) is 5.82 Å². The number of amides is 2. The molecule has 4 rings (SSSR count). The van der Waals surface area contributed by atoms with E-state index >= 15 is 0 Å². The topological polar surface area (TPSA) is 64.7 Å². The molecule has 3 aromatic rings. The Morgan fingerprint density at radius 3 is 2.39 bits per heavy atom. The fraction of sp³-hybridized carbons (Fsp3) is 0.231. The minimum absolute atomic E-state index is 0.0260. The summed E-state index contributed by atoms with van der Waals surface area (Å²) in [6.07, 6.45) is 0.921. The number of nitrogens with one attached hydrogen (secondary N) is 2. The molecule has 1 unspecified atom stereocenters. The van der Waals surface area contributed by atoms with Crippen LogP contribution in [0.1, 0.15) is 17.2 Å².